The van der Waals surface area contributed by atoms with Gasteiger partial charge in [0.25, 0.3) is 0 Å². The largest absolute Gasteiger partial charge is 0.386 e. The Balaban J connectivity index is 1.74. The Morgan fingerprint density at radius 1 is 1.15 bits per heavy atom. The van der Waals surface area contributed by atoms with Crippen LogP contribution in [0.15, 0.2) is 24.3 Å². The molecule has 1 aromatic rings. The molecule has 2 N–H and O–H groups in total. The SMILES string of the molecule is OC(C[NH+]1CCCCC1)C1(c2cccc(Cl)c2)CCC1. The van der Waals surface area contributed by atoms with Gasteiger partial charge < -0.3 is 10.0 Å². The molecule has 2 aliphatic rings. The minimum Gasteiger partial charge on any atom is -0.386 e. The molecular weight excluding hydrogens is 270 g/mol. The topological polar surface area (TPSA) is 24.7 Å². The molecule has 3 heteroatoms. The van der Waals surface area contributed by atoms with Gasteiger partial charge in [-0.2, -0.15) is 0 Å². The number of nitrogens with one attached hydrogen (secondary N) is 1. The van der Waals surface area contributed by atoms with Gasteiger partial charge in [-0.3, -0.25) is 0 Å². The number of benzene rings is 1. The van der Waals surface area contributed by atoms with E-state index in [-0.39, 0.29) is 11.5 Å². The molecule has 0 aromatic heterocycles. The first kappa shape index (κ1) is 14.4. The second kappa shape index (κ2) is 6.05. The zero-order valence-corrected chi connectivity index (χ0v) is 12.8. The van der Waals surface area contributed by atoms with Gasteiger partial charge >= 0.3 is 0 Å². The minimum absolute atomic E-state index is 0.0324. The zero-order valence-electron chi connectivity index (χ0n) is 12.1. The molecule has 1 saturated heterocycles. The Kier molecular flexibility index (Phi) is 4.34. The third-order valence-corrected chi connectivity index (χ3v) is 5.56. The van der Waals surface area contributed by atoms with Crippen LogP contribution < -0.4 is 4.90 Å². The van der Waals surface area contributed by atoms with Gasteiger partial charge in [-0.05, 0) is 49.8 Å². The minimum atomic E-state index is -0.234. The lowest BCUT2D eigenvalue weighted by molar-refractivity contribution is -0.908. The summed E-state index contributed by atoms with van der Waals surface area (Å²) >= 11 is 6.14. The number of hydrogen-bond donors (Lipinski definition) is 2. The summed E-state index contributed by atoms with van der Waals surface area (Å²) in [7, 11) is 0. The summed E-state index contributed by atoms with van der Waals surface area (Å²) in [6.07, 6.45) is 7.17. The van der Waals surface area contributed by atoms with Crippen LogP contribution in [-0.2, 0) is 5.41 Å². The standard InChI is InChI=1S/C17H24ClNO/c18-15-7-4-6-14(12-15)17(8-5-9-17)16(20)13-19-10-2-1-3-11-19/h4,6-7,12,16,20H,1-3,5,8-11,13H2/p+1. The van der Waals surface area contributed by atoms with Crippen molar-refractivity contribution in [2.75, 3.05) is 19.6 Å². The molecule has 2 fully saturated rings. The lowest BCUT2D eigenvalue weighted by atomic mass is 9.61. The maximum atomic E-state index is 10.9. The monoisotopic (exact) mass is 294 g/mol. The van der Waals surface area contributed by atoms with Crippen LogP contribution in [-0.4, -0.2) is 30.8 Å². The third kappa shape index (κ3) is 2.74. The van der Waals surface area contributed by atoms with E-state index < -0.39 is 0 Å². The van der Waals surface area contributed by atoms with E-state index in [0.717, 1.165) is 24.4 Å². The average molecular weight is 295 g/mol. The molecule has 0 radical (unpaired) electrons. The first-order valence-corrected chi connectivity index (χ1v) is 8.36. The number of aliphatic hydroxyl groups excluding tert-OH is 1. The van der Waals surface area contributed by atoms with E-state index in [1.165, 1.54) is 44.3 Å². The van der Waals surface area contributed by atoms with Crippen molar-refractivity contribution in [2.24, 2.45) is 0 Å². The van der Waals surface area contributed by atoms with Crippen molar-refractivity contribution in [1.82, 2.24) is 0 Å². The Hall–Kier alpha value is -0.570. The van der Waals surface area contributed by atoms with Crippen LogP contribution in [0.1, 0.15) is 44.1 Å². The Bertz CT molecular complexity index is 452. The molecular formula is C17H25ClNO+. The molecule has 20 heavy (non-hydrogen) atoms. The second-order valence-corrected chi connectivity index (χ2v) is 6.99. The van der Waals surface area contributed by atoms with Gasteiger partial charge in [0.1, 0.15) is 12.6 Å². The lowest BCUT2D eigenvalue weighted by Gasteiger charge is -2.46. The first-order valence-electron chi connectivity index (χ1n) is 7.98. The molecule has 1 unspecified atom stereocenters. The summed E-state index contributed by atoms with van der Waals surface area (Å²) in [5.41, 5.74) is 1.20. The maximum absolute atomic E-state index is 10.9. The molecule has 1 aliphatic heterocycles. The van der Waals surface area contributed by atoms with E-state index in [9.17, 15) is 5.11 Å². The normalized spacial score (nSPS) is 24.1. The number of piperidine rings is 1. The predicted molar refractivity (Wildman–Crippen MR) is 82.4 cm³/mol. The second-order valence-electron chi connectivity index (χ2n) is 6.55. The Morgan fingerprint density at radius 3 is 2.50 bits per heavy atom. The number of hydrogen-bond acceptors (Lipinski definition) is 1. The van der Waals surface area contributed by atoms with Gasteiger partial charge in [0.15, 0.2) is 0 Å². The van der Waals surface area contributed by atoms with Crippen LogP contribution in [0, 0.1) is 0 Å². The van der Waals surface area contributed by atoms with Gasteiger partial charge in [-0.15, -0.1) is 0 Å². The molecule has 0 amide bonds. The molecule has 110 valence electrons. The van der Waals surface area contributed by atoms with Crippen LogP contribution >= 0.6 is 11.6 Å². The van der Waals surface area contributed by atoms with E-state index in [2.05, 4.69) is 12.1 Å². The predicted octanol–water partition coefficient (Wildman–Crippen LogP) is 2.19. The van der Waals surface area contributed by atoms with E-state index in [0.29, 0.717) is 0 Å². The Labute approximate surface area is 126 Å². The molecule has 1 atom stereocenters. The van der Waals surface area contributed by atoms with E-state index >= 15 is 0 Å². The van der Waals surface area contributed by atoms with Crippen molar-refractivity contribution in [1.29, 1.82) is 0 Å². The van der Waals surface area contributed by atoms with Gasteiger partial charge in [0.2, 0.25) is 0 Å². The molecule has 1 heterocycles. The van der Waals surface area contributed by atoms with Crippen LogP contribution in [0.25, 0.3) is 0 Å². The van der Waals surface area contributed by atoms with Crippen LogP contribution in [0.2, 0.25) is 5.02 Å². The van der Waals surface area contributed by atoms with E-state index in [4.69, 9.17) is 11.6 Å². The van der Waals surface area contributed by atoms with Gasteiger partial charge in [0, 0.05) is 10.4 Å². The lowest BCUT2D eigenvalue weighted by Crippen LogP contribution is -3.14. The number of likely N-dealkylation sites (tertiary alicyclic amines) is 1. The fourth-order valence-electron chi connectivity index (χ4n) is 3.89. The molecule has 0 bridgehead atoms. The van der Waals surface area contributed by atoms with E-state index in [1.54, 1.807) is 4.90 Å². The highest BCUT2D eigenvalue weighted by Crippen LogP contribution is 2.46. The summed E-state index contributed by atoms with van der Waals surface area (Å²) < 4.78 is 0. The Morgan fingerprint density at radius 2 is 1.90 bits per heavy atom. The highest BCUT2D eigenvalue weighted by molar-refractivity contribution is 6.30. The van der Waals surface area contributed by atoms with E-state index in [1.807, 2.05) is 12.1 Å². The van der Waals surface area contributed by atoms with Crippen molar-refractivity contribution in [3.8, 4) is 0 Å². The van der Waals surface area contributed by atoms with Gasteiger partial charge in [-0.1, -0.05) is 30.2 Å². The number of halogens is 1. The summed E-state index contributed by atoms with van der Waals surface area (Å²) in [4.78, 5) is 1.58. The molecule has 0 spiro atoms. The highest BCUT2D eigenvalue weighted by Gasteiger charge is 2.46. The third-order valence-electron chi connectivity index (χ3n) is 5.33. The fraction of sp³-hybridized carbons (Fsp3) is 0.647. The number of quaternary nitrogens is 1. The summed E-state index contributed by atoms with van der Waals surface area (Å²) in [5.74, 6) is 0. The highest BCUT2D eigenvalue weighted by atomic mass is 35.5. The molecule has 1 aromatic carbocycles. The quantitative estimate of drug-likeness (QED) is 0.874. The van der Waals surface area contributed by atoms with Gasteiger partial charge in [-0.25, -0.2) is 0 Å². The average Bonchev–Trinajstić information content (AvgIpc) is 2.38. The van der Waals surface area contributed by atoms with Crippen molar-refractivity contribution in [3.05, 3.63) is 34.9 Å². The van der Waals surface area contributed by atoms with Crippen LogP contribution in [0.5, 0.6) is 0 Å². The summed E-state index contributed by atoms with van der Waals surface area (Å²) in [5, 5.41) is 11.6. The number of rotatable bonds is 4. The number of aliphatic hydroxyl groups is 1. The van der Waals surface area contributed by atoms with Crippen molar-refractivity contribution in [2.45, 2.75) is 50.0 Å². The molecule has 3 rings (SSSR count). The first-order chi connectivity index (χ1) is 9.71. The zero-order chi connectivity index (χ0) is 14.0. The van der Waals surface area contributed by atoms with Crippen LogP contribution in [0.4, 0.5) is 0 Å². The van der Waals surface area contributed by atoms with Crippen LogP contribution in [0.3, 0.4) is 0 Å². The molecule has 1 aliphatic carbocycles. The van der Waals surface area contributed by atoms with Crippen molar-refractivity contribution < 1.29 is 10.0 Å². The fourth-order valence-corrected chi connectivity index (χ4v) is 4.09. The van der Waals surface area contributed by atoms with Crippen molar-refractivity contribution >= 4 is 11.6 Å². The molecule has 2 nitrogen and oxygen atoms in total. The summed E-state index contributed by atoms with van der Waals surface area (Å²) in [6.45, 7) is 3.35. The van der Waals surface area contributed by atoms with Crippen molar-refractivity contribution in [3.63, 3.8) is 0 Å². The van der Waals surface area contributed by atoms with Gasteiger partial charge in [0.05, 0.1) is 13.1 Å². The maximum Gasteiger partial charge on any atom is 0.112 e. The molecule has 1 saturated carbocycles. The smallest absolute Gasteiger partial charge is 0.112 e. The summed E-state index contributed by atoms with van der Waals surface area (Å²) in [6, 6.07) is 8.12.